The van der Waals surface area contributed by atoms with Crippen LogP contribution in [0.4, 0.5) is 0 Å². The van der Waals surface area contributed by atoms with Gasteiger partial charge in [-0.05, 0) is 29.7 Å². The Labute approximate surface area is 203 Å². The van der Waals surface area contributed by atoms with E-state index in [0.29, 0.717) is 25.9 Å². The van der Waals surface area contributed by atoms with Crippen LogP contribution >= 0.6 is 0 Å². The molecule has 1 N–H and O–H groups in total. The zero-order valence-electron chi connectivity index (χ0n) is 20.4. The molecule has 1 aliphatic rings. The Hall–Kier alpha value is -2.90. The number of nitrogens with zero attached hydrogens (tertiary/aromatic N) is 2. The molecule has 1 fully saturated rings. The average Bonchev–Trinajstić information content (AvgIpc) is 2.88. The predicted molar refractivity (Wildman–Crippen MR) is 133 cm³/mol. The number of hydrogen-bond acceptors (Lipinski definition) is 5. The second kappa shape index (κ2) is 13.7. The average molecular weight is 468 g/mol. The fraction of sp³-hybridized carbons (Fsp3) is 0.481. The molecule has 0 aliphatic carbocycles. The Morgan fingerprint density at radius 2 is 1.76 bits per heavy atom. The highest BCUT2D eigenvalue weighted by Gasteiger charge is 2.30. The summed E-state index contributed by atoms with van der Waals surface area (Å²) in [7, 11) is 1.63. The minimum Gasteiger partial charge on any atom is -0.497 e. The van der Waals surface area contributed by atoms with Gasteiger partial charge in [-0.3, -0.25) is 14.5 Å². The van der Waals surface area contributed by atoms with Crippen LogP contribution in [0.3, 0.4) is 0 Å². The van der Waals surface area contributed by atoms with E-state index in [9.17, 15) is 9.59 Å². The summed E-state index contributed by atoms with van der Waals surface area (Å²) in [5.74, 6) is 0.634. The maximum Gasteiger partial charge on any atom is 0.243 e. The Kier molecular flexibility index (Phi) is 10.4. The first-order chi connectivity index (χ1) is 16.6. The van der Waals surface area contributed by atoms with Crippen molar-refractivity contribution in [3.8, 4) is 5.75 Å². The minimum atomic E-state index is -0.590. The molecule has 2 aromatic carbocycles. The van der Waals surface area contributed by atoms with Gasteiger partial charge < -0.3 is 19.7 Å². The molecule has 34 heavy (non-hydrogen) atoms. The highest BCUT2D eigenvalue weighted by Crippen LogP contribution is 2.18. The molecule has 7 nitrogen and oxygen atoms in total. The molecule has 1 unspecified atom stereocenters. The van der Waals surface area contributed by atoms with Crippen molar-refractivity contribution in [1.82, 2.24) is 15.1 Å². The van der Waals surface area contributed by atoms with Gasteiger partial charge in [0.05, 0.1) is 20.3 Å². The quantitative estimate of drug-likeness (QED) is 0.520. The predicted octanol–water partition coefficient (Wildman–Crippen LogP) is 2.88. The van der Waals surface area contributed by atoms with Crippen LogP contribution in [0.25, 0.3) is 0 Å². The van der Waals surface area contributed by atoms with Gasteiger partial charge in [0.15, 0.2) is 0 Å². The maximum atomic E-state index is 13.5. The molecule has 7 heteroatoms. The monoisotopic (exact) mass is 467 g/mol. The van der Waals surface area contributed by atoms with Crippen LogP contribution in [0, 0.1) is 0 Å². The van der Waals surface area contributed by atoms with E-state index in [4.69, 9.17) is 9.47 Å². The number of nitrogens with one attached hydrogen (secondary N) is 1. The summed E-state index contributed by atoms with van der Waals surface area (Å²) in [5, 5.41) is 3.10. The van der Waals surface area contributed by atoms with Crippen molar-refractivity contribution in [2.75, 3.05) is 46.5 Å². The van der Waals surface area contributed by atoms with E-state index in [2.05, 4.69) is 10.2 Å². The Morgan fingerprint density at radius 3 is 2.41 bits per heavy atom. The summed E-state index contributed by atoms with van der Waals surface area (Å²) in [6, 6.07) is 17.0. The van der Waals surface area contributed by atoms with Crippen molar-refractivity contribution >= 4 is 11.8 Å². The molecular formula is C27H37N3O4. The molecule has 0 aromatic heterocycles. The largest absolute Gasteiger partial charge is 0.497 e. The van der Waals surface area contributed by atoms with Crippen LogP contribution in [0.5, 0.6) is 5.75 Å². The summed E-state index contributed by atoms with van der Waals surface area (Å²) < 4.78 is 10.7. The summed E-state index contributed by atoms with van der Waals surface area (Å²) in [5.41, 5.74) is 1.99. The van der Waals surface area contributed by atoms with E-state index >= 15 is 0 Å². The molecular weight excluding hydrogens is 430 g/mol. The van der Waals surface area contributed by atoms with Gasteiger partial charge in [-0.2, -0.15) is 0 Å². The summed E-state index contributed by atoms with van der Waals surface area (Å²) >= 11 is 0. The molecule has 0 radical (unpaired) electrons. The number of amides is 2. The van der Waals surface area contributed by atoms with Crippen molar-refractivity contribution in [3.05, 3.63) is 65.7 Å². The Balaban J connectivity index is 1.77. The van der Waals surface area contributed by atoms with Crippen LogP contribution in [-0.2, 0) is 27.3 Å². The first-order valence-corrected chi connectivity index (χ1v) is 12.1. The van der Waals surface area contributed by atoms with Gasteiger partial charge in [0, 0.05) is 45.6 Å². The van der Waals surface area contributed by atoms with Crippen LogP contribution < -0.4 is 10.1 Å². The Morgan fingerprint density at radius 1 is 1.06 bits per heavy atom. The standard InChI is InChI=1S/C27H37N3O4/c1-3-7-26(31)30(21-23-10-12-24(33-2)13-11-23)25(20-22-8-5-4-6-9-22)27(32)28-14-15-29-16-18-34-19-17-29/h4-6,8-13,25H,3,7,14-21H2,1-2H3,(H,28,32). The molecule has 184 valence electrons. The number of morpholine rings is 1. The fourth-order valence-electron chi connectivity index (χ4n) is 4.12. The highest BCUT2D eigenvalue weighted by atomic mass is 16.5. The van der Waals surface area contributed by atoms with Crippen molar-refractivity contribution in [2.45, 2.75) is 38.8 Å². The summed E-state index contributed by atoms with van der Waals surface area (Å²) in [6.07, 6.45) is 1.60. The second-order valence-corrected chi connectivity index (χ2v) is 8.57. The minimum absolute atomic E-state index is 0.0115. The summed E-state index contributed by atoms with van der Waals surface area (Å²) in [6.45, 7) is 6.88. The van der Waals surface area contributed by atoms with E-state index in [1.54, 1.807) is 12.0 Å². The molecule has 1 aliphatic heterocycles. The molecule has 0 bridgehead atoms. The normalized spacial score (nSPS) is 14.9. The van der Waals surface area contributed by atoms with E-state index < -0.39 is 6.04 Å². The molecule has 2 aromatic rings. The van der Waals surface area contributed by atoms with Gasteiger partial charge in [-0.1, -0.05) is 49.4 Å². The van der Waals surface area contributed by atoms with Gasteiger partial charge in [-0.25, -0.2) is 0 Å². The lowest BCUT2D eigenvalue weighted by atomic mass is 10.0. The number of hydrogen-bond donors (Lipinski definition) is 1. The topological polar surface area (TPSA) is 71.1 Å². The van der Waals surface area contributed by atoms with Crippen molar-refractivity contribution < 1.29 is 19.1 Å². The van der Waals surface area contributed by atoms with Crippen LogP contribution in [0.1, 0.15) is 30.9 Å². The third-order valence-electron chi connectivity index (χ3n) is 6.08. The fourth-order valence-corrected chi connectivity index (χ4v) is 4.12. The number of rotatable bonds is 12. The lowest BCUT2D eigenvalue weighted by molar-refractivity contribution is -0.141. The number of ether oxygens (including phenoxy) is 2. The summed E-state index contributed by atoms with van der Waals surface area (Å²) in [4.78, 5) is 30.7. The number of methoxy groups -OCH3 is 1. The second-order valence-electron chi connectivity index (χ2n) is 8.57. The van der Waals surface area contributed by atoms with E-state index in [1.165, 1.54) is 0 Å². The molecule has 2 amide bonds. The third kappa shape index (κ3) is 7.85. The van der Waals surface area contributed by atoms with Crippen molar-refractivity contribution in [3.63, 3.8) is 0 Å². The molecule has 0 spiro atoms. The van der Waals surface area contributed by atoms with Crippen molar-refractivity contribution in [2.24, 2.45) is 0 Å². The first kappa shape index (κ1) is 25.7. The Bertz CT molecular complexity index is 883. The molecule has 0 saturated carbocycles. The van der Waals surface area contributed by atoms with Gasteiger partial charge in [-0.15, -0.1) is 0 Å². The molecule has 3 rings (SSSR count). The zero-order valence-corrected chi connectivity index (χ0v) is 20.4. The maximum absolute atomic E-state index is 13.5. The number of carbonyl (C=O) groups is 2. The van der Waals surface area contributed by atoms with Gasteiger partial charge in [0.1, 0.15) is 11.8 Å². The first-order valence-electron chi connectivity index (χ1n) is 12.1. The molecule has 1 atom stereocenters. The van der Waals surface area contributed by atoms with Gasteiger partial charge >= 0.3 is 0 Å². The van der Waals surface area contributed by atoms with Gasteiger partial charge in [0.25, 0.3) is 0 Å². The highest BCUT2D eigenvalue weighted by molar-refractivity contribution is 5.88. The van der Waals surface area contributed by atoms with Crippen molar-refractivity contribution in [1.29, 1.82) is 0 Å². The lowest BCUT2D eigenvalue weighted by Crippen LogP contribution is -2.51. The van der Waals surface area contributed by atoms with E-state index in [1.807, 2.05) is 61.5 Å². The third-order valence-corrected chi connectivity index (χ3v) is 6.08. The van der Waals surface area contributed by atoms with Crippen LogP contribution in [0.2, 0.25) is 0 Å². The van der Waals surface area contributed by atoms with Gasteiger partial charge in [0.2, 0.25) is 11.8 Å². The SMILES string of the molecule is CCCC(=O)N(Cc1ccc(OC)cc1)C(Cc1ccccc1)C(=O)NCCN1CCOCC1. The number of benzene rings is 2. The lowest BCUT2D eigenvalue weighted by Gasteiger charge is -2.32. The number of carbonyl (C=O) groups excluding carboxylic acids is 2. The van der Waals surface area contributed by atoms with E-state index in [-0.39, 0.29) is 11.8 Å². The molecule has 1 heterocycles. The van der Waals surface area contributed by atoms with Crippen LogP contribution in [0.15, 0.2) is 54.6 Å². The van der Waals surface area contributed by atoms with E-state index in [0.717, 1.165) is 56.1 Å². The zero-order chi connectivity index (χ0) is 24.2. The molecule has 1 saturated heterocycles. The smallest absolute Gasteiger partial charge is 0.243 e. The van der Waals surface area contributed by atoms with Crippen LogP contribution in [-0.4, -0.2) is 74.2 Å².